The third kappa shape index (κ3) is 6.52. The summed E-state index contributed by atoms with van der Waals surface area (Å²) in [5.74, 6) is 2.11. The predicted molar refractivity (Wildman–Crippen MR) is 135 cm³/mol. The number of amides is 1. The van der Waals surface area contributed by atoms with E-state index in [0.29, 0.717) is 23.5 Å². The van der Waals surface area contributed by atoms with Crippen molar-refractivity contribution in [1.29, 1.82) is 0 Å². The van der Waals surface area contributed by atoms with Crippen molar-refractivity contribution in [2.45, 2.75) is 17.6 Å². The first-order valence-corrected chi connectivity index (χ1v) is 13.1. The normalized spacial score (nSPS) is 11.1. The molecule has 1 amide bonds. The summed E-state index contributed by atoms with van der Waals surface area (Å²) < 4.78 is 32.0. The van der Waals surface area contributed by atoms with Crippen LogP contribution in [0.1, 0.15) is 21.5 Å². The number of nitrogens with one attached hydrogen (secondary N) is 1. The van der Waals surface area contributed by atoms with Gasteiger partial charge in [-0.25, -0.2) is 8.42 Å². The van der Waals surface area contributed by atoms with Gasteiger partial charge in [0, 0.05) is 30.7 Å². The van der Waals surface area contributed by atoms with Crippen molar-refractivity contribution in [3.63, 3.8) is 0 Å². The third-order valence-corrected chi connectivity index (χ3v) is 7.96. The van der Waals surface area contributed by atoms with Crippen LogP contribution in [0.25, 0.3) is 0 Å². The summed E-state index contributed by atoms with van der Waals surface area (Å²) in [5.41, 5.74) is 3.46. The fraction of sp³-hybridized carbons (Fsp3) is 0.240. The van der Waals surface area contributed by atoms with Gasteiger partial charge in [0.1, 0.15) is 5.75 Å². The van der Waals surface area contributed by atoms with Gasteiger partial charge in [-0.2, -0.15) is 11.8 Å². The number of carbonyl (C=O) groups excluding carboxylic acids is 1. The average molecular weight is 485 g/mol. The Balaban J connectivity index is 1.51. The van der Waals surface area contributed by atoms with E-state index in [1.807, 2.05) is 0 Å². The lowest BCUT2D eigenvalue weighted by molar-refractivity contribution is 0.0956. The van der Waals surface area contributed by atoms with Crippen molar-refractivity contribution >= 4 is 33.4 Å². The van der Waals surface area contributed by atoms with Crippen molar-refractivity contribution in [1.82, 2.24) is 5.32 Å². The Bertz CT molecular complexity index is 1160. The molecule has 0 aliphatic heterocycles. The molecule has 6 nitrogen and oxygen atoms in total. The summed E-state index contributed by atoms with van der Waals surface area (Å²) in [6.45, 7) is 2.62. The monoisotopic (exact) mass is 484 g/mol. The van der Waals surface area contributed by atoms with Crippen molar-refractivity contribution < 1.29 is 17.9 Å². The molecule has 3 aromatic carbocycles. The van der Waals surface area contributed by atoms with Crippen LogP contribution < -0.4 is 14.4 Å². The van der Waals surface area contributed by atoms with Crippen LogP contribution in [0, 0.1) is 6.92 Å². The number of sulfonamides is 1. The first-order chi connectivity index (χ1) is 15.8. The molecule has 0 saturated carbocycles. The van der Waals surface area contributed by atoms with Crippen LogP contribution in [-0.2, 0) is 15.8 Å². The highest BCUT2D eigenvalue weighted by Crippen LogP contribution is 2.24. The molecule has 0 bridgehead atoms. The first kappa shape index (κ1) is 24.7. The Morgan fingerprint density at radius 1 is 0.970 bits per heavy atom. The number of rotatable bonds is 10. The highest BCUT2D eigenvalue weighted by atomic mass is 32.2. The molecule has 0 radical (unpaired) electrons. The summed E-state index contributed by atoms with van der Waals surface area (Å²) in [6, 6.07) is 21.2. The van der Waals surface area contributed by atoms with E-state index in [-0.39, 0.29) is 10.8 Å². The average Bonchev–Trinajstić information content (AvgIpc) is 2.84. The van der Waals surface area contributed by atoms with Gasteiger partial charge >= 0.3 is 0 Å². The molecule has 0 fully saturated rings. The largest absolute Gasteiger partial charge is 0.497 e. The van der Waals surface area contributed by atoms with Crippen LogP contribution in [0.3, 0.4) is 0 Å². The molecule has 3 rings (SSSR count). The standard InChI is InChI=1S/C25H28N2O4S2/c1-19-4-6-20(7-5-19)18-32-17-16-26-25(28)21-8-10-22(11-9-21)27(2)33(29,30)24-14-12-23(31-3)13-15-24/h4-15H,16-18H2,1-3H3,(H,26,28). The predicted octanol–water partition coefficient (Wildman–Crippen LogP) is 4.49. The molecule has 0 aromatic heterocycles. The number of hydrogen-bond donors (Lipinski definition) is 1. The molecule has 3 aromatic rings. The molecule has 1 N–H and O–H groups in total. The first-order valence-electron chi connectivity index (χ1n) is 10.5. The fourth-order valence-corrected chi connectivity index (χ4v) is 5.09. The minimum Gasteiger partial charge on any atom is -0.497 e. The molecule has 33 heavy (non-hydrogen) atoms. The minimum absolute atomic E-state index is 0.163. The van der Waals surface area contributed by atoms with Crippen LogP contribution in [0.2, 0.25) is 0 Å². The topological polar surface area (TPSA) is 75.7 Å². The van der Waals surface area contributed by atoms with E-state index in [2.05, 4.69) is 36.5 Å². The number of aryl methyl sites for hydroxylation is 1. The van der Waals surface area contributed by atoms with Crippen LogP contribution >= 0.6 is 11.8 Å². The van der Waals surface area contributed by atoms with Crippen molar-refractivity contribution in [3.05, 3.63) is 89.5 Å². The molecule has 0 atom stereocenters. The Morgan fingerprint density at radius 3 is 2.21 bits per heavy atom. The number of thioether (sulfide) groups is 1. The second kappa shape index (κ2) is 11.2. The Kier molecular flexibility index (Phi) is 8.41. The molecule has 8 heteroatoms. The van der Waals surface area contributed by atoms with Gasteiger partial charge < -0.3 is 10.1 Å². The lowest BCUT2D eigenvalue weighted by Crippen LogP contribution is -2.27. The zero-order chi connectivity index (χ0) is 23.8. The number of hydrogen-bond acceptors (Lipinski definition) is 5. The Labute approximate surface area is 200 Å². The van der Waals surface area contributed by atoms with E-state index in [0.717, 1.165) is 11.5 Å². The summed E-state index contributed by atoms with van der Waals surface area (Å²) in [6.07, 6.45) is 0. The lowest BCUT2D eigenvalue weighted by Gasteiger charge is -2.20. The Morgan fingerprint density at radius 2 is 1.61 bits per heavy atom. The van der Waals surface area contributed by atoms with E-state index >= 15 is 0 Å². The SMILES string of the molecule is COc1ccc(S(=O)(=O)N(C)c2ccc(C(=O)NCCSCc3ccc(C)cc3)cc2)cc1. The number of anilines is 1. The maximum atomic E-state index is 12.9. The Hall–Kier alpha value is -2.97. The van der Waals surface area contributed by atoms with Crippen LogP contribution in [0.15, 0.2) is 77.7 Å². The smallest absolute Gasteiger partial charge is 0.264 e. The number of nitrogens with zero attached hydrogens (tertiary/aromatic N) is 1. The summed E-state index contributed by atoms with van der Waals surface area (Å²) in [4.78, 5) is 12.6. The van der Waals surface area contributed by atoms with E-state index in [1.54, 1.807) is 48.2 Å². The summed E-state index contributed by atoms with van der Waals surface area (Å²) >= 11 is 1.76. The minimum atomic E-state index is -3.72. The molecule has 0 heterocycles. The number of carbonyl (C=O) groups is 1. The van der Waals surface area contributed by atoms with Gasteiger partial charge in [0.05, 0.1) is 17.7 Å². The maximum Gasteiger partial charge on any atom is 0.264 e. The van der Waals surface area contributed by atoms with Gasteiger partial charge in [0.15, 0.2) is 0 Å². The van der Waals surface area contributed by atoms with Crippen molar-refractivity contribution in [2.75, 3.05) is 30.8 Å². The van der Waals surface area contributed by atoms with Gasteiger partial charge in [-0.15, -0.1) is 0 Å². The molecule has 0 aliphatic carbocycles. The quantitative estimate of drug-likeness (QED) is 0.429. The molecule has 174 valence electrons. The van der Waals surface area contributed by atoms with Gasteiger partial charge in [0.2, 0.25) is 0 Å². The molecular weight excluding hydrogens is 456 g/mol. The van der Waals surface area contributed by atoms with Crippen molar-refractivity contribution in [3.8, 4) is 5.75 Å². The van der Waals surface area contributed by atoms with E-state index in [1.165, 1.54) is 41.7 Å². The van der Waals surface area contributed by atoms with E-state index in [9.17, 15) is 13.2 Å². The number of methoxy groups -OCH3 is 1. The lowest BCUT2D eigenvalue weighted by atomic mass is 10.2. The molecule has 0 aliphatic rings. The second-order valence-electron chi connectivity index (χ2n) is 7.49. The summed E-state index contributed by atoms with van der Waals surface area (Å²) in [7, 11) is -0.710. The van der Waals surface area contributed by atoms with Crippen LogP contribution in [-0.4, -0.2) is 40.8 Å². The second-order valence-corrected chi connectivity index (χ2v) is 10.6. The van der Waals surface area contributed by atoms with E-state index in [4.69, 9.17) is 4.74 Å². The zero-order valence-electron chi connectivity index (χ0n) is 18.9. The van der Waals surface area contributed by atoms with Crippen molar-refractivity contribution in [2.24, 2.45) is 0 Å². The number of benzene rings is 3. The van der Waals surface area contributed by atoms with Gasteiger partial charge in [-0.05, 0) is 61.0 Å². The highest BCUT2D eigenvalue weighted by Gasteiger charge is 2.21. The molecular formula is C25H28N2O4S2. The molecule has 0 unspecified atom stereocenters. The highest BCUT2D eigenvalue weighted by molar-refractivity contribution is 7.98. The molecule has 0 spiro atoms. The maximum absolute atomic E-state index is 12.9. The fourth-order valence-electron chi connectivity index (χ4n) is 3.08. The van der Waals surface area contributed by atoms with Gasteiger partial charge in [-0.1, -0.05) is 29.8 Å². The van der Waals surface area contributed by atoms with Crippen LogP contribution in [0.4, 0.5) is 5.69 Å². The van der Waals surface area contributed by atoms with Crippen LogP contribution in [0.5, 0.6) is 5.75 Å². The zero-order valence-corrected chi connectivity index (χ0v) is 20.6. The van der Waals surface area contributed by atoms with Gasteiger partial charge in [-0.3, -0.25) is 9.10 Å². The van der Waals surface area contributed by atoms with Gasteiger partial charge in [0.25, 0.3) is 15.9 Å². The third-order valence-electron chi connectivity index (χ3n) is 5.13. The number of ether oxygens (including phenoxy) is 1. The van der Waals surface area contributed by atoms with E-state index < -0.39 is 10.0 Å². The molecule has 0 saturated heterocycles. The summed E-state index contributed by atoms with van der Waals surface area (Å²) in [5, 5.41) is 2.91.